The molecule has 2 rings (SSSR count). The highest BCUT2D eigenvalue weighted by Gasteiger charge is 2.45. The number of sulfonamides is 1. The second kappa shape index (κ2) is 4.68. The summed E-state index contributed by atoms with van der Waals surface area (Å²) in [5.74, 6) is -1.33. The van der Waals surface area contributed by atoms with Crippen LogP contribution in [0.3, 0.4) is 0 Å². The van der Waals surface area contributed by atoms with E-state index in [1.54, 1.807) is 18.2 Å². The van der Waals surface area contributed by atoms with Crippen molar-refractivity contribution in [2.45, 2.75) is 23.5 Å². The third-order valence-corrected chi connectivity index (χ3v) is 4.82. The number of carboxylic acid groups (broad SMARTS) is 1. The summed E-state index contributed by atoms with van der Waals surface area (Å²) in [6.45, 7) is 0.00929. The van der Waals surface area contributed by atoms with E-state index in [4.69, 9.17) is 5.11 Å². The highest BCUT2D eigenvalue weighted by molar-refractivity contribution is 7.89. The Balaban J connectivity index is 2.40. The number of carboxylic acids is 1. The molecule has 0 spiro atoms. The number of hydrogen-bond acceptors (Lipinski definition) is 4. The van der Waals surface area contributed by atoms with E-state index in [0.29, 0.717) is 0 Å². The lowest BCUT2D eigenvalue weighted by Gasteiger charge is -2.22. The molecule has 0 amide bonds. The van der Waals surface area contributed by atoms with Crippen LogP contribution in [0.1, 0.15) is 6.42 Å². The summed E-state index contributed by atoms with van der Waals surface area (Å²) in [5, 5.41) is 18.6. The van der Waals surface area contributed by atoms with Gasteiger partial charge in [-0.05, 0) is 18.6 Å². The summed E-state index contributed by atoms with van der Waals surface area (Å²) >= 11 is 0. The van der Waals surface area contributed by atoms with E-state index in [1.807, 2.05) is 0 Å². The molecule has 1 heterocycles. The van der Waals surface area contributed by atoms with Crippen molar-refractivity contribution >= 4 is 16.0 Å². The molecule has 0 aromatic heterocycles. The fraction of sp³-hybridized carbons (Fsp3) is 0.364. The van der Waals surface area contributed by atoms with Crippen molar-refractivity contribution in [3.8, 4) is 0 Å². The van der Waals surface area contributed by atoms with Crippen LogP contribution in [0.2, 0.25) is 0 Å². The summed E-state index contributed by atoms with van der Waals surface area (Å²) in [6.07, 6.45) is -1.04. The molecular formula is C11H13NO5S. The lowest BCUT2D eigenvalue weighted by molar-refractivity contribution is -0.143. The molecule has 1 aliphatic rings. The maximum Gasteiger partial charge on any atom is 0.324 e. The lowest BCUT2D eigenvalue weighted by Crippen LogP contribution is -2.44. The second-order valence-electron chi connectivity index (χ2n) is 4.07. The van der Waals surface area contributed by atoms with Gasteiger partial charge >= 0.3 is 5.97 Å². The minimum atomic E-state index is -3.87. The monoisotopic (exact) mass is 271 g/mol. The van der Waals surface area contributed by atoms with Gasteiger partial charge in [0.05, 0.1) is 11.0 Å². The van der Waals surface area contributed by atoms with Gasteiger partial charge in [-0.1, -0.05) is 18.2 Å². The van der Waals surface area contributed by atoms with Gasteiger partial charge in [0.1, 0.15) is 6.04 Å². The van der Waals surface area contributed by atoms with Gasteiger partial charge < -0.3 is 10.2 Å². The van der Waals surface area contributed by atoms with Crippen molar-refractivity contribution in [2.75, 3.05) is 6.54 Å². The third kappa shape index (κ3) is 2.12. The van der Waals surface area contributed by atoms with E-state index in [-0.39, 0.29) is 17.9 Å². The minimum absolute atomic E-state index is 0.00929. The second-order valence-corrected chi connectivity index (χ2v) is 5.96. The van der Waals surface area contributed by atoms with Crippen LogP contribution in [0.15, 0.2) is 35.2 Å². The zero-order valence-electron chi connectivity index (χ0n) is 9.43. The van der Waals surface area contributed by atoms with E-state index >= 15 is 0 Å². The minimum Gasteiger partial charge on any atom is -0.480 e. The van der Waals surface area contributed by atoms with Gasteiger partial charge in [0.15, 0.2) is 0 Å². The van der Waals surface area contributed by atoms with E-state index in [2.05, 4.69) is 0 Å². The fourth-order valence-corrected chi connectivity index (χ4v) is 3.68. The van der Waals surface area contributed by atoms with Crippen LogP contribution >= 0.6 is 0 Å². The molecule has 98 valence electrons. The molecule has 18 heavy (non-hydrogen) atoms. The van der Waals surface area contributed by atoms with Gasteiger partial charge in [-0.25, -0.2) is 8.42 Å². The Morgan fingerprint density at radius 1 is 1.28 bits per heavy atom. The predicted molar refractivity (Wildman–Crippen MR) is 62.4 cm³/mol. The summed E-state index contributed by atoms with van der Waals surface area (Å²) in [6, 6.07) is 6.20. The topological polar surface area (TPSA) is 94.9 Å². The first-order chi connectivity index (χ1) is 8.44. The van der Waals surface area contributed by atoms with E-state index in [1.165, 1.54) is 12.1 Å². The van der Waals surface area contributed by atoms with Crippen LogP contribution in [0, 0.1) is 0 Å². The van der Waals surface area contributed by atoms with Crippen LogP contribution in [-0.2, 0) is 14.8 Å². The smallest absolute Gasteiger partial charge is 0.324 e. The zero-order chi connectivity index (χ0) is 13.3. The van der Waals surface area contributed by atoms with Crippen LogP contribution in [0.25, 0.3) is 0 Å². The maximum atomic E-state index is 12.2. The number of benzene rings is 1. The zero-order valence-corrected chi connectivity index (χ0v) is 10.2. The van der Waals surface area contributed by atoms with E-state index < -0.39 is 28.1 Å². The molecule has 2 atom stereocenters. The Bertz CT molecular complexity index is 542. The van der Waals surface area contributed by atoms with Crippen LogP contribution in [-0.4, -0.2) is 47.6 Å². The van der Waals surface area contributed by atoms with Crippen molar-refractivity contribution in [2.24, 2.45) is 0 Å². The molecule has 2 unspecified atom stereocenters. The van der Waals surface area contributed by atoms with Gasteiger partial charge in [0.2, 0.25) is 10.0 Å². The number of carbonyl (C=O) groups is 1. The SMILES string of the molecule is O=C(O)C1C(O)CCN1S(=O)(=O)c1ccccc1. The van der Waals surface area contributed by atoms with E-state index in [0.717, 1.165) is 4.31 Å². The summed E-state index contributed by atoms with van der Waals surface area (Å²) < 4.78 is 25.3. The molecule has 1 aromatic rings. The van der Waals surface area contributed by atoms with Gasteiger partial charge in [0, 0.05) is 6.54 Å². The first-order valence-electron chi connectivity index (χ1n) is 5.42. The Morgan fingerprint density at radius 3 is 2.44 bits per heavy atom. The molecule has 1 aromatic carbocycles. The lowest BCUT2D eigenvalue weighted by atomic mass is 10.2. The molecule has 0 saturated carbocycles. The Kier molecular flexibility index (Phi) is 3.38. The van der Waals surface area contributed by atoms with Crippen molar-refractivity contribution in [3.05, 3.63) is 30.3 Å². The number of nitrogens with zero attached hydrogens (tertiary/aromatic N) is 1. The molecule has 2 N–H and O–H groups in total. The van der Waals surface area contributed by atoms with Crippen molar-refractivity contribution < 1.29 is 23.4 Å². The summed E-state index contributed by atoms with van der Waals surface area (Å²) in [4.78, 5) is 11.1. The van der Waals surface area contributed by atoms with E-state index in [9.17, 15) is 18.3 Å². The first kappa shape index (κ1) is 13.0. The molecular weight excluding hydrogens is 258 g/mol. The van der Waals surface area contributed by atoms with Crippen molar-refractivity contribution in [1.29, 1.82) is 0 Å². The average molecular weight is 271 g/mol. The van der Waals surface area contributed by atoms with Crippen molar-refractivity contribution in [3.63, 3.8) is 0 Å². The average Bonchev–Trinajstić information content (AvgIpc) is 2.73. The normalized spacial score (nSPS) is 25.2. The summed E-state index contributed by atoms with van der Waals surface area (Å²) in [5.41, 5.74) is 0. The standard InChI is InChI=1S/C11H13NO5S/c13-9-6-7-12(10(9)11(14)15)18(16,17)8-4-2-1-3-5-8/h1-5,9-10,13H,6-7H2,(H,14,15). The largest absolute Gasteiger partial charge is 0.480 e. The Hall–Kier alpha value is -1.44. The van der Waals surface area contributed by atoms with Gasteiger partial charge in [-0.2, -0.15) is 4.31 Å². The third-order valence-electron chi connectivity index (χ3n) is 2.92. The molecule has 0 aliphatic carbocycles. The maximum absolute atomic E-state index is 12.2. The molecule has 1 fully saturated rings. The molecule has 7 heteroatoms. The highest BCUT2D eigenvalue weighted by atomic mass is 32.2. The predicted octanol–water partition coefficient (Wildman–Crippen LogP) is -0.105. The molecule has 0 radical (unpaired) electrons. The number of aliphatic hydroxyl groups excluding tert-OH is 1. The molecule has 6 nitrogen and oxygen atoms in total. The highest BCUT2D eigenvalue weighted by Crippen LogP contribution is 2.26. The van der Waals surface area contributed by atoms with Crippen LogP contribution < -0.4 is 0 Å². The fourth-order valence-electron chi connectivity index (χ4n) is 2.03. The molecule has 1 saturated heterocycles. The molecule has 1 aliphatic heterocycles. The van der Waals surface area contributed by atoms with Gasteiger partial charge in [0.25, 0.3) is 0 Å². The van der Waals surface area contributed by atoms with Crippen LogP contribution in [0.4, 0.5) is 0 Å². The number of aliphatic hydroxyl groups is 1. The quantitative estimate of drug-likeness (QED) is 0.800. The number of hydrogen-bond donors (Lipinski definition) is 2. The van der Waals surface area contributed by atoms with Gasteiger partial charge in [-0.15, -0.1) is 0 Å². The summed E-state index contributed by atoms with van der Waals surface area (Å²) in [7, 11) is -3.87. The first-order valence-corrected chi connectivity index (χ1v) is 6.86. The number of rotatable bonds is 3. The van der Waals surface area contributed by atoms with Crippen molar-refractivity contribution in [1.82, 2.24) is 4.31 Å². The van der Waals surface area contributed by atoms with Crippen LogP contribution in [0.5, 0.6) is 0 Å². The Labute approximate surface area is 105 Å². The number of aliphatic carboxylic acids is 1. The van der Waals surface area contributed by atoms with Gasteiger partial charge in [-0.3, -0.25) is 4.79 Å². The Morgan fingerprint density at radius 2 is 1.89 bits per heavy atom. The molecule has 0 bridgehead atoms.